The Morgan fingerprint density at radius 1 is 1.17 bits per heavy atom. The van der Waals surface area contributed by atoms with Crippen molar-refractivity contribution >= 4 is 35.8 Å². The third-order valence-corrected chi connectivity index (χ3v) is 4.81. The van der Waals surface area contributed by atoms with Gasteiger partial charge in [-0.25, -0.2) is 4.39 Å². The van der Waals surface area contributed by atoms with Gasteiger partial charge in [0.05, 0.1) is 12.5 Å². The molecular weight excluding hydrogens is 502 g/mol. The minimum absolute atomic E-state index is 0. The number of halogens is 2. The maximum absolute atomic E-state index is 12.9. The van der Waals surface area contributed by atoms with Gasteiger partial charge in [0.2, 0.25) is 5.91 Å². The van der Waals surface area contributed by atoms with Gasteiger partial charge < -0.3 is 25.0 Å². The molecule has 0 bridgehead atoms. The maximum Gasteiger partial charge on any atom is 0.224 e. The van der Waals surface area contributed by atoms with E-state index in [9.17, 15) is 9.18 Å². The highest BCUT2D eigenvalue weighted by Gasteiger charge is 2.21. The van der Waals surface area contributed by atoms with E-state index in [0.29, 0.717) is 19.2 Å². The first-order valence-electron chi connectivity index (χ1n) is 10.2. The quantitative estimate of drug-likeness (QED) is 0.208. The van der Waals surface area contributed by atoms with E-state index >= 15 is 0 Å². The lowest BCUT2D eigenvalue weighted by Gasteiger charge is -2.34. The van der Waals surface area contributed by atoms with Crippen molar-refractivity contribution in [3.63, 3.8) is 0 Å². The molecule has 0 unspecified atom stereocenters. The van der Waals surface area contributed by atoms with Gasteiger partial charge in [-0.3, -0.25) is 9.79 Å². The Hall–Kier alpha value is -1.46. The molecule has 7 nitrogen and oxygen atoms in total. The molecule has 0 saturated carbocycles. The van der Waals surface area contributed by atoms with Gasteiger partial charge in [-0.1, -0.05) is 12.1 Å². The fourth-order valence-corrected chi connectivity index (χ4v) is 3.25. The van der Waals surface area contributed by atoms with Gasteiger partial charge in [-0.2, -0.15) is 0 Å². The molecule has 1 saturated heterocycles. The smallest absolute Gasteiger partial charge is 0.224 e. The average Bonchev–Trinajstić information content (AvgIpc) is 2.74. The molecule has 9 heteroatoms. The number of aliphatic imine (C=N–C) groups is 1. The van der Waals surface area contributed by atoms with Gasteiger partial charge in [0.15, 0.2) is 5.96 Å². The predicted octanol–water partition coefficient (Wildman–Crippen LogP) is 2.20. The van der Waals surface area contributed by atoms with Crippen LogP contribution in [0.25, 0.3) is 0 Å². The van der Waals surface area contributed by atoms with Crippen LogP contribution in [0.15, 0.2) is 29.3 Å². The number of likely N-dealkylation sites (tertiary alicyclic amines) is 1. The van der Waals surface area contributed by atoms with Crippen molar-refractivity contribution in [1.29, 1.82) is 0 Å². The predicted molar refractivity (Wildman–Crippen MR) is 127 cm³/mol. The highest BCUT2D eigenvalue weighted by atomic mass is 127. The molecule has 1 heterocycles. The van der Waals surface area contributed by atoms with Crippen molar-refractivity contribution in [3.8, 4) is 0 Å². The van der Waals surface area contributed by atoms with Crippen LogP contribution in [0.4, 0.5) is 4.39 Å². The summed E-state index contributed by atoms with van der Waals surface area (Å²) in [7, 11) is 3.47. The molecule has 30 heavy (non-hydrogen) atoms. The largest absolute Gasteiger partial charge is 0.385 e. The maximum atomic E-state index is 12.9. The molecule has 0 spiro atoms. The first-order valence-corrected chi connectivity index (χ1v) is 10.2. The van der Waals surface area contributed by atoms with Crippen LogP contribution in [0.1, 0.15) is 24.8 Å². The highest BCUT2D eigenvalue weighted by molar-refractivity contribution is 14.0. The van der Waals surface area contributed by atoms with E-state index in [1.807, 2.05) is 0 Å². The molecule has 2 N–H and O–H groups in total. The van der Waals surface area contributed by atoms with Crippen molar-refractivity contribution in [1.82, 2.24) is 15.5 Å². The van der Waals surface area contributed by atoms with Crippen LogP contribution in [0.2, 0.25) is 0 Å². The minimum atomic E-state index is -0.300. The molecule has 1 amide bonds. The van der Waals surface area contributed by atoms with Gasteiger partial charge >= 0.3 is 0 Å². The van der Waals surface area contributed by atoms with Crippen LogP contribution in [0, 0.1) is 5.82 Å². The van der Waals surface area contributed by atoms with Crippen molar-refractivity contribution in [3.05, 3.63) is 35.6 Å². The number of carbonyl (C=O) groups is 1. The summed E-state index contributed by atoms with van der Waals surface area (Å²) in [6.07, 6.45) is 3.41. The molecule has 1 fully saturated rings. The lowest BCUT2D eigenvalue weighted by Crippen LogP contribution is -2.48. The van der Waals surface area contributed by atoms with E-state index in [1.54, 1.807) is 26.3 Å². The van der Waals surface area contributed by atoms with Crippen molar-refractivity contribution in [2.45, 2.75) is 31.8 Å². The zero-order chi connectivity index (χ0) is 20.9. The number of amides is 1. The fourth-order valence-electron chi connectivity index (χ4n) is 3.25. The van der Waals surface area contributed by atoms with E-state index in [-0.39, 0.29) is 42.1 Å². The van der Waals surface area contributed by atoms with Crippen LogP contribution >= 0.6 is 24.0 Å². The van der Waals surface area contributed by atoms with Crippen LogP contribution in [-0.2, 0) is 20.7 Å². The van der Waals surface area contributed by atoms with Crippen molar-refractivity contribution in [2.75, 3.05) is 53.6 Å². The molecule has 1 aliphatic rings. The second-order valence-corrected chi connectivity index (χ2v) is 7.03. The number of carbonyl (C=O) groups excluding carboxylic acids is 1. The van der Waals surface area contributed by atoms with Gasteiger partial charge in [0.25, 0.3) is 0 Å². The van der Waals surface area contributed by atoms with E-state index in [1.165, 1.54) is 12.1 Å². The van der Waals surface area contributed by atoms with E-state index in [2.05, 4.69) is 20.5 Å². The monoisotopic (exact) mass is 536 g/mol. The van der Waals surface area contributed by atoms with Gasteiger partial charge in [0, 0.05) is 53.6 Å². The van der Waals surface area contributed by atoms with Gasteiger partial charge in [-0.05, 0) is 37.0 Å². The lowest BCUT2D eigenvalue weighted by atomic mass is 10.1. The SMILES string of the molecule is CN=C(NCCNC(=O)Cc1ccc(F)cc1)N1CCC(OCCCOC)CC1.I. The van der Waals surface area contributed by atoms with Gasteiger partial charge in [0.1, 0.15) is 5.82 Å². The Morgan fingerprint density at radius 3 is 2.47 bits per heavy atom. The first kappa shape index (κ1) is 26.6. The molecule has 0 aromatic heterocycles. The summed E-state index contributed by atoms with van der Waals surface area (Å²) in [5, 5.41) is 6.16. The second-order valence-electron chi connectivity index (χ2n) is 7.03. The zero-order valence-corrected chi connectivity index (χ0v) is 20.2. The summed E-state index contributed by atoms with van der Waals surface area (Å²) in [6, 6.07) is 5.98. The number of rotatable bonds is 10. The number of benzene rings is 1. The number of hydrogen-bond acceptors (Lipinski definition) is 4. The summed E-state index contributed by atoms with van der Waals surface area (Å²) in [5.74, 6) is 0.460. The summed E-state index contributed by atoms with van der Waals surface area (Å²) in [6.45, 7) is 4.35. The Balaban J connectivity index is 0.00000450. The molecule has 2 rings (SSSR count). The average molecular weight is 536 g/mol. The third kappa shape index (κ3) is 10.0. The van der Waals surface area contributed by atoms with Crippen LogP contribution in [-0.4, -0.2) is 76.4 Å². The van der Waals surface area contributed by atoms with E-state index < -0.39 is 0 Å². The van der Waals surface area contributed by atoms with Crippen molar-refractivity contribution in [2.24, 2.45) is 4.99 Å². The Labute approximate surface area is 195 Å². The minimum Gasteiger partial charge on any atom is -0.385 e. The second kappa shape index (κ2) is 15.4. The van der Waals surface area contributed by atoms with E-state index in [4.69, 9.17) is 9.47 Å². The number of piperidine rings is 1. The summed E-state index contributed by atoms with van der Waals surface area (Å²) >= 11 is 0. The Kier molecular flexibility index (Phi) is 13.6. The molecule has 1 aromatic carbocycles. The summed E-state index contributed by atoms with van der Waals surface area (Å²) in [5.41, 5.74) is 0.792. The molecule has 0 radical (unpaired) electrons. The number of hydrogen-bond donors (Lipinski definition) is 2. The topological polar surface area (TPSA) is 75.2 Å². The lowest BCUT2D eigenvalue weighted by molar-refractivity contribution is -0.120. The summed E-state index contributed by atoms with van der Waals surface area (Å²) in [4.78, 5) is 18.5. The molecule has 1 aliphatic heterocycles. The number of nitrogens with zero attached hydrogens (tertiary/aromatic N) is 2. The van der Waals surface area contributed by atoms with Crippen LogP contribution in [0.3, 0.4) is 0 Å². The summed E-state index contributed by atoms with van der Waals surface area (Å²) < 4.78 is 23.8. The molecule has 170 valence electrons. The molecule has 1 aromatic rings. The molecule has 0 aliphatic carbocycles. The third-order valence-electron chi connectivity index (χ3n) is 4.81. The Bertz CT molecular complexity index is 638. The van der Waals surface area contributed by atoms with E-state index in [0.717, 1.165) is 57.1 Å². The zero-order valence-electron chi connectivity index (χ0n) is 17.9. The fraction of sp³-hybridized carbons (Fsp3) is 0.619. The number of ether oxygens (including phenoxy) is 2. The molecule has 0 atom stereocenters. The number of guanidine groups is 1. The van der Waals surface area contributed by atoms with Gasteiger partial charge in [-0.15, -0.1) is 24.0 Å². The normalized spacial score (nSPS) is 14.9. The standard InChI is InChI=1S/C21H33FN4O3.HI/c1-23-21(26-12-8-19(9-13-26)29-15-3-14-28-2)25-11-10-24-20(27)16-17-4-6-18(22)7-5-17;/h4-7,19H,3,8-16H2,1-2H3,(H,23,25)(H,24,27);1H. The van der Waals surface area contributed by atoms with Crippen molar-refractivity contribution < 1.29 is 18.7 Å². The van der Waals surface area contributed by atoms with Crippen LogP contribution in [0.5, 0.6) is 0 Å². The highest BCUT2D eigenvalue weighted by Crippen LogP contribution is 2.14. The first-order chi connectivity index (χ1) is 14.1. The van der Waals surface area contributed by atoms with Crippen LogP contribution < -0.4 is 10.6 Å². The number of methoxy groups -OCH3 is 1. The molecular formula is C21H34FIN4O3. The number of nitrogens with one attached hydrogen (secondary N) is 2. The Morgan fingerprint density at radius 2 is 1.83 bits per heavy atom.